The maximum atomic E-state index is 9.03. The second-order valence-electron chi connectivity index (χ2n) is 4.03. The molecule has 0 amide bonds. The van der Waals surface area contributed by atoms with E-state index in [1.54, 1.807) is 11.3 Å². The number of thiazole rings is 1. The van der Waals surface area contributed by atoms with Gasteiger partial charge in [-0.15, -0.1) is 11.3 Å². The third kappa shape index (κ3) is 2.89. The van der Waals surface area contributed by atoms with E-state index in [-0.39, 0.29) is 6.04 Å². The Bertz CT molecular complexity index is 406. The molecule has 0 spiro atoms. The van der Waals surface area contributed by atoms with E-state index in [0.717, 1.165) is 37.7 Å². The van der Waals surface area contributed by atoms with Crippen LogP contribution in [0, 0.1) is 11.3 Å². The molecule has 2 rings (SSSR count). The summed E-state index contributed by atoms with van der Waals surface area (Å²) in [6.07, 6.45) is 0.888. The molecule has 2 heterocycles. The number of hydrogen-bond donors (Lipinski definition) is 0. The van der Waals surface area contributed by atoms with Crippen LogP contribution in [-0.4, -0.2) is 42.1 Å². The number of halogens is 1. The molecule has 1 aliphatic heterocycles. The fraction of sp³-hybridized carbons (Fsp3) is 0.636. The van der Waals surface area contributed by atoms with Gasteiger partial charge in [-0.1, -0.05) is 18.5 Å². The Kier molecular flexibility index (Phi) is 4.21. The molecule has 92 valence electrons. The summed E-state index contributed by atoms with van der Waals surface area (Å²) < 4.78 is 0. The lowest BCUT2D eigenvalue weighted by Crippen LogP contribution is -2.49. The highest BCUT2D eigenvalue weighted by Crippen LogP contribution is 2.24. The van der Waals surface area contributed by atoms with Crippen LogP contribution in [0.3, 0.4) is 0 Å². The van der Waals surface area contributed by atoms with E-state index >= 15 is 0 Å². The molecule has 1 unspecified atom stereocenters. The Morgan fingerprint density at radius 2 is 2.24 bits per heavy atom. The van der Waals surface area contributed by atoms with Crippen molar-refractivity contribution in [1.82, 2.24) is 9.88 Å². The van der Waals surface area contributed by atoms with Crippen molar-refractivity contribution in [2.45, 2.75) is 19.4 Å². The molecule has 0 bridgehead atoms. The second kappa shape index (κ2) is 5.67. The summed E-state index contributed by atoms with van der Waals surface area (Å²) in [7, 11) is 0. The van der Waals surface area contributed by atoms with Crippen LogP contribution < -0.4 is 4.90 Å². The molecule has 1 atom stereocenters. The van der Waals surface area contributed by atoms with Crippen LogP contribution in [0.4, 0.5) is 5.13 Å². The molecule has 0 saturated carbocycles. The van der Waals surface area contributed by atoms with Gasteiger partial charge in [0, 0.05) is 31.6 Å². The summed E-state index contributed by atoms with van der Waals surface area (Å²) in [5.74, 6) is 0. The summed E-state index contributed by atoms with van der Waals surface area (Å²) in [5, 5.41) is 12.4. The fourth-order valence-electron chi connectivity index (χ4n) is 2.05. The Labute approximate surface area is 110 Å². The first kappa shape index (κ1) is 12.6. The van der Waals surface area contributed by atoms with Gasteiger partial charge in [-0.2, -0.15) is 5.26 Å². The molecule has 4 nitrogen and oxygen atoms in total. The first-order valence-electron chi connectivity index (χ1n) is 5.74. The van der Waals surface area contributed by atoms with Crippen LogP contribution in [0.15, 0.2) is 5.38 Å². The fourth-order valence-corrected chi connectivity index (χ4v) is 3.05. The molecule has 1 saturated heterocycles. The van der Waals surface area contributed by atoms with Gasteiger partial charge in [0.05, 0.1) is 12.1 Å². The zero-order valence-electron chi connectivity index (χ0n) is 9.77. The van der Waals surface area contributed by atoms with E-state index in [4.69, 9.17) is 16.9 Å². The van der Waals surface area contributed by atoms with Crippen molar-refractivity contribution < 1.29 is 0 Å². The van der Waals surface area contributed by atoms with Gasteiger partial charge in [0.2, 0.25) is 0 Å². The second-order valence-corrected chi connectivity index (χ2v) is 5.25. The maximum Gasteiger partial charge on any atom is 0.186 e. The van der Waals surface area contributed by atoms with Gasteiger partial charge in [-0.25, -0.2) is 4.98 Å². The van der Waals surface area contributed by atoms with Gasteiger partial charge in [0.15, 0.2) is 5.13 Å². The van der Waals surface area contributed by atoms with Gasteiger partial charge >= 0.3 is 0 Å². The molecule has 1 aromatic rings. The highest BCUT2D eigenvalue weighted by atomic mass is 35.5. The topological polar surface area (TPSA) is 43.2 Å². The van der Waals surface area contributed by atoms with Crippen molar-refractivity contribution >= 4 is 28.1 Å². The first-order valence-corrected chi connectivity index (χ1v) is 7.00. The van der Waals surface area contributed by atoms with Gasteiger partial charge < -0.3 is 4.90 Å². The summed E-state index contributed by atoms with van der Waals surface area (Å²) >= 11 is 7.40. The normalized spacial score (nSPS) is 19.0. The number of nitrogens with zero attached hydrogens (tertiary/aromatic N) is 4. The average molecular weight is 271 g/mol. The van der Waals surface area contributed by atoms with E-state index in [2.05, 4.69) is 27.8 Å². The Morgan fingerprint density at radius 1 is 1.53 bits per heavy atom. The lowest BCUT2D eigenvalue weighted by molar-refractivity contribution is 0.216. The van der Waals surface area contributed by atoms with E-state index in [9.17, 15) is 0 Å². The zero-order chi connectivity index (χ0) is 12.3. The van der Waals surface area contributed by atoms with E-state index in [1.807, 2.05) is 5.38 Å². The smallest absolute Gasteiger partial charge is 0.186 e. The molecule has 1 fully saturated rings. The van der Waals surface area contributed by atoms with Crippen LogP contribution in [0.2, 0.25) is 5.15 Å². The van der Waals surface area contributed by atoms with E-state index in [1.165, 1.54) is 0 Å². The van der Waals surface area contributed by atoms with E-state index < -0.39 is 0 Å². The quantitative estimate of drug-likeness (QED) is 0.845. The lowest BCUT2D eigenvalue weighted by Gasteiger charge is -2.36. The molecule has 0 aromatic carbocycles. The van der Waals surface area contributed by atoms with Gasteiger partial charge in [-0.3, -0.25) is 4.90 Å². The van der Waals surface area contributed by atoms with Crippen LogP contribution in [0.25, 0.3) is 0 Å². The summed E-state index contributed by atoms with van der Waals surface area (Å²) in [6.45, 7) is 5.73. The minimum atomic E-state index is 0.0528. The van der Waals surface area contributed by atoms with Crippen molar-refractivity contribution in [3.05, 3.63) is 10.5 Å². The molecular weight excluding hydrogens is 256 g/mol. The Morgan fingerprint density at radius 3 is 2.71 bits per heavy atom. The Hall–Kier alpha value is -0.830. The van der Waals surface area contributed by atoms with Crippen molar-refractivity contribution in [2.75, 3.05) is 31.1 Å². The minimum absolute atomic E-state index is 0.0528. The monoisotopic (exact) mass is 270 g/mol. The first-order chi connectivity index (χ1) is 8.24. The van der Waals surface area contributed by atoms with Crippen molar-refractivity contribution in [2.24, 2.45) is 0 Å². The van der Waals surface area contributed by atoms with Crippen LogP contribution in [0.5, 0.6) is 0 Å². The number of hydrogen-bond acceptors (Lipinski definition) is 5. The largest absolute Gasteiger partial charge is 0.345 e. The van der Waals surface area contributed by atoms with E-state index in [0.29, 0.717) is 5.15 Å². The molecule has 6 heteroatoms. The summed E-state index contributed by atoms with van der Waals surface area (Å²) in [6, 6.07) is 2.41. The number of anilines is 1. The third-order valence-corrected chi connectivity index (χ3v) is 4.25. The molecule has 1 aliphatic rings. The molecule has 0 aliphatic carbocycles. The summed E-state index contributed by atoms with van der Waals surface area (Å²) in [5.41, 5.74) is 0. The van der Waals surface area contributed by atoms with Crippen molar-refractivity contribution in [3.63, 3.8) is 0 Å². The number of aromatic nitrogens is 1. The van der Waals surface area contributed by atoms with Crippen molar-refractivity contribution in [1.29, 1.82) is 5.26 Å². The van der Waals surface area contributed by atoms with Gasteiger partial charge in [-0.05, 0) is 6.42 Å². The highest BCUT2D eigenvalue weighted by molar-refractivity contribution is 7.14. The van der Waals surface area contributed by atoms with Crippen LogP contribution in [0.1, 0.15) is 13.3 Å². The standard InChI is InChI=1S/C11H15ClN4S/c1-2-9(7-13)15-3-5-16(6-4-15)11-14-10(12)8-17-11/h8-9H,2-6H2,1H3. The minimum Gasteiger partial charge on any atom is -0.345 e. The molecule has 0 N–H and O–H groups in total. The molecule has 1 aromatic heterocycles. The maximum absolute atomic E-state index is 9.03. The lowest BCUT2D eigenvalue weighted by atomic mass is 10.2. The predicted octanol–water partition coefficient (Wildman–Crippen LogP) is 2.22. The predicted molar refractivity (Wildman–Crippen MR) is 70.6 cm³/mol. The zero-order valence-corrected chi connectivity index (χ0v) is 11.3. The van der Waals surface area contributed by atoms with Gasteiger partial charge in [0.1, 0.15) is 5.15 Å². The highest BCUT2D eigenvalue weighted by Gasteiger charge is 2.23. The SMILES string of the molecule is CCC(C#N)N1CCN(c2nc(Cl)cs2)CC1. The number of piperazine rings is 1. The summed E-state index contributed by atoms with van der Waals surface area (Å²) in [4.78, 5) is 8.75. The van der Waals surface area contributed by atoms with Crippen molar-refractivity contribution in [3.8, 4) is 6.07 Å². The molecule has 0 radical (unpaired) electrons. The third-order valence-electron chi connectivity index (χ3n) is 3.03. The number of rotatable bonds is 3. The Balaban J connectivity index is 1.92. The van der Waals surface area contributed by atoms with Crippen LogP contribution in [-0.2, 0) is 0 Å². The average Bonchev–Trinajstić information content (AvgIpc) is 2.78. The van der Waals surface area contributed by atoms with Crippen LogP contribution >= 0.6 is 22.9 Å². The van der Waals surface area contributed by atoms with Gasteiger partial charge in [0.25, 0.3) is 0 Å². The number of nitriles is 1. The molecule has 17 heavy (non-hydrogen) atoms. The molecular formula is C11H15ClN4S.